The second-order valence-electron chi connectivity index (χ2n) is 12.8. The Morgan fingerprint density at radius 1 is 0.760 bits per heavy atom. The van der Waals surface area contributed by atoms with Gasteiger partial charge in [0.25, 0.3) is 0 Å². The molecule has 0 bridgehead atoms. The highest BCUT2D eigenvalue weighted by molar-refractivity contribution is 5.85. The molecule has 1 aliphatic rings. The molecule has 0 fully saturated rings. The van der Waals surface area contributed by atoms with Crippen molar-refractivity contribution in [3.8, 4) is 39.9 Å². The smallest absolute Gasteiger partial charge is 0.338 e. The second-order valence-corrected chi connectivity index (χ2v) is 12.8. The summed E-state index contributed by atoms with van der Waals surface area (Å²) in [5.41, 5.74) is 6.34. The molecule has 4 aromatic carbocycles. The molecule has 262 valence electrons. The minimum absolute atomic E-state index is 0.0156. The third-order valence-electron chi connectivity index (χ3n) is 8.44. The van der Waals surface area contributed by atoms with Crippen LogP contribution in [0.15, 0.2) is 90.4 Å². The first-order chi connectivity index (χ1) is 24.0. The number of ether oxygens (including phenoxy) is 7. The summed E-state index contributed by atoms with van der Waals surface area (Å²) in [6.45, 7) is 12.1. The van der Waals surface area contributed by atoms with Crippen molar-refractivity contribution < 1.29 is 38.0 Å². The lowest BCUT2D eigenvalue weighted by atomic mass is 9.98. The number of aliphatic imine (C=N–C) groups is 1. The quantitative estimate of drug-likeness (QED) is 0.0606. The Balaban J connectivity index is 1.38. The van der Waals surface area contributed by atoms with Gasteiger partial charge in [-0.25, -0.2) is 9.79 Å². The third kappa shape index (κ3) is 7.95. The number of benzene rings is 4. The van der Waals surface area contributed by atoms with Crippen LogP contribution in [0.2, 0.25) is 0 Å². The topological polar surface area (TPSA) is 94.0 Å². The molecule has 0 saturated carbocycles. The van der Waals surface area contributed by atoms with Crippen molar-refractivity contribution >= 4 is 17.4 Å². The SMILES string of the molecule is C=C(c1ccc(OC)c(OC(=O)[C@@H](COC(C)(C)C)N=C(C)OCC2c3ccccc3-c3ccccc32)c1)c1cc(OC)c(OC)c(OC)c1. The zero-order valence-electron chi connectivity index (χ0n) is 30.0. The molecule has 9 nitrogen and oxygen atoms in total. The van der Waals surface area contributed by atoms with Crippen LogP contribution in [0.4, 0.5) is 0 Å². The van der Waals surface area contributed by atoms with Crippen molar-refractivity contribution in [2.75, 3.05) is 41.7 Å². The normalized spacial score (nSPS) is 13.2. The van der Waals surface area contributed by atoms with Gasteiger partial charge in [-0.05, 0) is 84.0 Å². The van der Waals surface area contributed by atoms with Crippen LogP contribution >= 0.6 is 0 Å². The summed E-state index contributed by atoms with van der Waals surface area (Å²) in [4.78, 5) is 18.5. The molecule has 0 heterocycles. The number of methoxy groups -OCH3 is 4. The minimum Gasteiger partial charge on any atom is -0.493 e. The van der Waals surface area contributed by atoms with E-state index in [-0.39, 0.29) is 18.3 Å². The largest absolute Gasteiger partial charge is 0.493 e. The Bertz CT molecular complexity index is 1820. The minimum atomic E-state index is -1.01. The van der Waals surface area contributed by atoms with Crippen LogP contribution in [0.25, 0.3) is 16.7 Å². The fourth-order valence-corrected chi connectivity index (χ4v) is 5.93. The van der Waals surface area contributed by atoms with Crippen LogP contribution in [0.5, 0.6) is 28.7 Å². The van der Waals surface area contributed by atoms with E-state index < -0.39 is 17.6 Å². The van der Waals surface area contributed by atoms with Gasteiger partial charge in [0.2, 0.25) is 5.75 Å². The molecule has 50 heavy (non-hydrogen) atoms. The number of hydrogen-bond donors (Lipinski definition) is 0. The summed E-state index contributed by atoms with van der Waals surface area (Å²) >= 11 is 0. The summed E-state index contributed by atoms with van der Waals surface area (Å²) < 4.78 is 40.3. The first kappa shape index (κ1) is 36.0. The maximum Gasteiger partial charge on any atom is 0.338 e. The van der Waals surface area contributed by atoms with Gasteiger partial charge in [0.05, 0.1) is 40.6 Å². The molecule has 0 radical (unpaired) electrons. The average Bonchev–Trinajstić information content (AvgIpc) is 3.44. The van der Waals surface area contributed by atoms with Crippen molar-refractivity contribution in [2.45, 2.75) is 45.3 Å². The van der Waals surface area contributed by atoms with Gasteiger partial charge in [0, 0.05) is 12.8 Å². The molecule has 0 amide bonds. The number of hydrogen-bond acceptors (Lipinski definition) is 9. The molecule has 0 spiro atoms. The lowest BCUT2D eigenvalue weighted by Gasteiger charge is -2.23. The molecule has 5 rings (SSSR count). The van der Waals surface area contributed by atoms with E-state index in [0.29, 0.717) is 46.6 Å². The van der Waals surface area contributed by atoms with Crippen LogP contribution in [-0.2, 0) is 14.3 Å². The van der Waals surface area contributed by atoms with Crippen LogP contribution in [0, 0.1) is 0 Å². The Kier molecular flexibility index (Phi) is 11.2. The van der Waals surface area contributed by atoms with Crippen LogP contribution in [0.3, 0.4) is 0 Å². The first-order valence-electron chi connectivity index (χ1n) is 16.4. The number of rotatable bonds is 13. The molecule has 0 N–H and O–H groups in total. The van der Waals surface area contributed by atoms with E-state index in [1.54, 1.807) is 52.5 Å². The molecule has 4 aromatic rings. The van der Waals surface area contributed by atoms with E-state index in [1.807, 2.05) is 51.1 Å². The van der Waals surface area contributed by atoms with Crippen LogP contribution < -0.4 is 23.7 Å². The Morgan fingerprint density at radius 2 is 1.32 bits per heavy atom. The fourth-order valence-electron chi connectivity index (χ4n) is 5.93. The summed E-state index contributed by atoms with van der Waals surface area (Å²) in [6.07, 6.45) is 0. The fraction of sp³-hybridized carbons (Fsp3) is 0.317. The Morgan fingerprint density at radius 3 is 1.86 bits per heavy atom. The summed E-state index contributed by atoms with van der Waals surface area (Å²) in [5, 5.41) is 0. The maximum absolute atomic E-state index is 13.8. The summed E-state index contributed by atoms with van der Waals surface area (Å²) in [5.74, 6) is 1.78. The van der Waals surface area contributed by atoms with Gasteiger partial charge in [0.15, 0.2) is 34.9 Å². The zero-order chi connectivity index (χ0) is 36.0. The van der Waals surface area contributed by atoms with Gasteiger partial charge in [-0.1, -0.05) is 61.2 Å². The highest BCUT2D eigenvalue weighted by Crippen LogP contribution is 2.45. The predicted molar refractivity (Wildman–Crippen MR) is 195 cm³/mol. The molecule has 1 atom stereocenters. The predicted octanol–water partition coefficient (Wildman–Crippen LogP) is 8.12. The number of fused-ring (bicyclic) bond motifs is 3. The van der Waals surface area contributed by atoms with Crippen LogP contribution in [0.1, 0.15) is 55.9 Å². The van der Waals surface area contributed by atoms with Gasteiger partial charge in [-0.15, -0.1) is 0 Å². The number of carbonyl (C=O) groups excluding carboxylic acids is 1. The van der Waals surface area contributed by atoms with E-state index in [4.69, 9.17) is 33.2 Å². The van der Waals surface area contributed by atoms with E-state index in [0.717, 1.165) is 5.56 Å². The highest BCUT2D eigenvalue weighted by atomic mass is 16.6. The van der Waals surface area contributed by atoms with Crippen molar-refractivity contribution in [3.05, 3.63) is 108 Å². The van der Waals surface area contributed by atoms with E-state index in [2.05, 4.69) is 35.8 Å². The van der Waals surface area contributed by atoms with Gasteiger partial charge < -0.3 is 33.2 Å². The molecule has 9 heteroatoms. The van der Waals surface area contributed by atoms with Crippen molar-refractivity contribution in [1.82, 2.24) is 0 Å². The van der Waals surface area contributed by atoms with E-state index >= 15 is 0 Å². The molecule has 0 aromatic heterocycles. The zero-order valence-corrected chi connectivity index (χ0v) is 30.0. The molecular formula is C41H45NO8. The number of esters is 1. The third-order valence-corrected chi connectivity index (χ3v) is 8.44. The van der Waals surface area contributed by atoms with Gasteiger partial charge in [-0.3, -0.25) is 0 Å². The summed E-state index contributed by atoms with van der Waals surface area (Å²) in [6, 6.07) is 24.5. The van der Waals surface area contributed by atoms with Crippen molar-refractivity contribution in [2.24, 2.45) is 4.99 Å². The maximum atomic E-state index is 13.8. The molecule has 0 unspecified atom stereocenters. The number of nitrogens with zero attached hydrogens (tertiary/aromatic N) is 1. The molecule has 0 aliphatic heterocycles. The first-order valence-corrected chi connectivity index (χ1v) is 16.4. The molecule has 0 saturated heterocycles. The highest BCUT2D eigenvalue weighted by Gasteiger charge is 2.30. The lowest BCUT2D eigenvalue weighted by molar-refractivity contribution is -0.138. The van der Waals surface area contributed by atoms with Crippen molar-refractivity contribution in [3.63, 3.8) is 0 Å². The van der Waals surface area contributed by atoms with Gasteiger partial charge in [0.1, 0.15) is 6.61 Å². The van der Waals surface area contributed by atoms with Gasteiger partial charge >= 0.3 is 5.97 Å². The van der Waals surface area contributed by atoms with Crippen LogP contribution in [-0.4, -0.2) is 65.2 Å². The van der Waals surface area contributed by atoms with E-state index in [1.165, 1.54) is 29.4 Å². The average molecular weight is 680 g/mol. The number of carbonyl (C=O) groups is 1. The summed E-state index contributed by atoms with van der Waals surface area (Å²) in [7, 11) is 6.16. The molecule has 1 aliphatic carbocycles. The Hall–Kier alpha value is -5.28. The monoisotopic (exact) mass is 679 g/mol. The Labute approximate surface area is 294 Å². The van der Waals surface area contributed by atoms with E-state index in [9.17, 15) is 4.79 Å². The van der Waals surface area contributed by atoms with Crippen molar-refractivity contribution in [1.29, 1.82) is 0 Å². The van der Waals surface area contributed by atoms with Gasteiger partial charge in [-0.2, -0.15) is 0 Å². The molecular weight excluding hydrogens is 634 g/mol. The lowest BCUT2D eigenvalue weighted by Crippen LogP contribution is -2.34. The second kappa shape index (κ2) is 15.5. The standard InChI is InChI=1S/C41H45NO8/c1-25(28-21-37(45-7)39(47-9)38(22-28)46-8)27-18-19-35(44-6)36(20-27)50-40(43)34(24-49-41(3,4)5)42-26(2)48-23-33-31-16-12-10-14-29(31)30-15-11-13-17-32(30)33/h10-22,33-34H,1,23-24H2,2-9H3/t34-/m1/s1.